The summed E-state index contributed by atoms with van der Waals surface area (Å²) in [6, 6.07) is 15.2. The van der Waals surface area contributed by atoms with Crippen LogP contribution in [-0.2, 0) is 14.3 Å². The molecule has 4 amide bonds. The van der Waals surface area contributed by atoms with Gasteiger partial charge >= 0.3 is 6.09 Å². The summed E-state index contributed by atoms with van der Waals surface area (Å²) in [6.45, 7) is 9.35. The van der Waals surface area contributed by atoms with Crippen molar-refractivity contribution in [3.63, 3.8) is 0 Å². The third kappa shape index (κ3) is 10.6. The minimum Gasteiger partial charge on any atom is -0.457 e. The SMILES string of the molecule is CC(=O)N(O)C(=N)c1ccc(Oc2cc(Oc3ccc(C(=N)N(O)C(C)=O)c(C)c3)cc(C(=O)NC3CCC(NC(=O)OC(C)(C)C)CC3)c2)cc1. The van der Waals surface area contributed by atoms with Crippen LogP contribution < -0.4 is 20.1 Å². The van der Waals surface area contributed by atoms with Crippen molar-refractivity contribution in [1.82, 2.24) is 20.8 Å². The first kappa shape index (κ1) is 39.0. The maximum absolute atomic E-state index is 13.6. The molecule has 3 aromatic rings. The van der Waals surface area contributed by atoms with Gasteiger partial charge in [-0.2, -0.15) is 10.1 Å². The van der Waals surface area contributed by atoms with E-state index in [0.717, 1.165) is 13.8 Å². The molecule has 4 rings (SSSR count). The van der Waals surface area contributed by atoms with Gasteiger partial charge in [0.15, 0.2) is 11.7 Å². The zero-order chi connectivity index (χ0) is 38.3. The van der Waals surface area contributed by atoms with Crippen LogP contribution in [0.25, 0.3) is 0 Å². The molecule has 3 aromatic carbocycles. The van der Waals surface area contributed by atoms with Crippen LogP contribution in [0.2, 0.25) is 0 Å². The third-order valence-corrected chi connectivity index (χ3v) is 8.00. The highest BCUT2D eigenvalue weighted by Gasteiger charge is 2.26. The number of alkyl carbamates (subject to hydrolysis) is 1. The predicted octanol–water partition coefficient (Wildman–Crippen LogP) is 6.27. The summed E-state index contributed by atoms with van der Waals surface area (Å²) in [5, 5.41) is 42.3. The number of benzene rings is 3. The number of nitrogens with one attached hydrogen (secondary N) is 4. The maximum atomic E-state index is 13.6. The van der Waals surface area contributed by atoms with Gasteiger partial charge in [0.1, 0.15) is 28.6 Å². The highest BCUT2D eigenvalue weighted by atomic mass is 16.6. The molecule has 0 bridgehead atoms. The summed E-state index contributed by atoms with van der Waals surface area (Å²) in [5.41, 5.74) is 0.749. The zero-order valence-electron chi connectivity index (χ0n) is 29.9. The van der Waals surface area contributed by atoms with Gasteiger partial charge in [0.25, 0.3) is 5.91 Å². The second kappa shape index (κ2) is 16.5. The molecule has 0 saturated heterocycles. The molecule has 0 aromatic heterocycles. The lowest BCUT2D eigenvalue weighted by atomic mass is 9.91. The molecular formula is C37H44N6O9. The molecule has 52 heavy (non-hydrogen) atoms. The molecule has 276 valence electrons. The number of amidine groups is 2. The Bertz CT molecular complexity index is 1850. The van der Waals surface area contributed by atoms with Gasteiger partial charge in [-0.05, 0) is 114 Å². The van der Waals surface area contributed by atoms with Crippen molar-refractivity contribution in [3.05, 3.63) is 82.9 Å². The molecule has 0 heterocycles. The van der Waals surface area contributed by atoms with Crippen molar-refractivity contribution in [2.75, 3.05) is 0 Å². The van der Waals surface area contributed by atoms with Crippen molar-refractivity contribution in [3.8, 4) is 23.0 Å². The van der Waals surface area contributed by atoms with Gasteiger partial charge in [0.05, 0.1) is 0 Å². The standard InChI is InChI=1S/C37H44N6O9/c1-21-17-29(15-16-32(21)34(39)43(49)23(3)45)51-31-19-25(35(46)40-26-9-11-27(12-10-26)41-36(47)52-37(4,5)6)18-30(20-31)50-28-13-7-24(8-14-28)33(38)42(48)22(2)44/h7-8,13-20,26-27,38-39,48-49H,9-12H2,1-6H3,(H,40,46)(H,41,47). The first-order valence-corrected chi connectivity index (χ1v) is 16.6. The van der Waals surface area contributed by atoms with E-state index in [1.807, 2.05) is 0 Å². The fraction of sp³-hybridized carbons (Fsp3) is 0.351. The number of nitrogens with zero attached hydrogens (tertiary/aromatic N) is 2. The summed E-state index contributed by atoms with van der Waals surface area (Å²) in [5.74, 6) is -1.42. The molecule has 0 aliphatic heterocycles. The molecule has 0 spiro atoms. The first-order chi connectivity index (χ1) is 24.4. The lowest BCUT2D eigenvalue weighted by Crippen LogP contribution is -2.45. The van der Waals surface area contributed by atoms with Gasteiger partial charge in [-0.15, -0.1) is 0 Å². The smallest absolute Gasteiger partial charge is 0.407 e. The largest absolute Gasteiger partial charge is 0.457 e. The molecule has 1 saturated carbocycles. The van der Waals surface area contributed by atoms with Crippen LogP contribution in [0.15, 0.2) is 60.7 Å². The topological polar surface area (TPSA) is 215 Å². The van der Waals surface area contributed by atoms with Gasteiger partial charge in [0, 0.05) is 48.7 Å². The van der Waals surface area contributed by atoms with Crippen LogP contribution in [0.3, 0.4) is 0 Å². The summed E-state index contributed by atoms with van der Waals surface area (Å²) < 4.78 is 17.6. The van der Waals surface area contributed by atoms with Crippen molar-refractivity contribution in [2.45, 2.75) is 84.9 Å². The highest BCUT2D eigenvalue weighted by Crippen LogP contribution is 2.32. The van der Waals surface area contributed by atoms with E-state index in [0.29, 0.717) is 48.3 Å². The number of hydroxylamine groups is 4. The molecule has 1 fully saturated rings. The van der Waals surface area contributed by atoms with Crippen molar-refractivity contribution in [1.29, 1.82) is 10.8 Å². The predicted molar refractivity (Wildman–Crippen MR) is 189 cm³/mol. The number of carbonyl (C=O) groups is 4. The Kier molecular flexibility index (Phi) is 12.4. The van der Waals surface area contributed by atoms with E-state index in [4.69, 9.17) is 25.0 Å². The van der Waals surface area contributed by atoms with Crippen LogP contribution >= 0.6 is 0 Å². The Balaban J connectivity index is 1.54. The number of amides is 4. The zero-order valence-corrected chi connectivity index (χ0v) is 29.9. The fourth-order valence-corrected chi connectivity index (χ4v) is 5.42. The third-order valence-electron chi connectivity index (χ3n) is 8.00. The van der Waals surface area contributed by atoms with Crippen LogP contribution in [0, 0.1) is 17.7 Å². The van der Waals surface area contributed by atoms with E-state index in [9.17, 15) is 29.6 Å². The van der Waals surface area contributed by atoms with Gasteiger partial charge in [-0.1, -0.05) is 0 Å². The van der Waals surface area contributed by atoms with Crippen LogP contribution in [0.5, 0.6) is 23.0 Å². The molecule has 0 unspecified atom stereocenters. The molecular weight excluding hydrogens is 672 g/mol. The minimum absolute atomic E-state index is 0.0701. The first-order valence-electron chi connectivity index (χ1n) is 16.6. The van der Waals surface area contributed by atoms with Gasteiger partial charge in [-0.25, -0.2) is 4.79 Å². The molecule has 15 nitrogen and oxygen atoms in total. The Hall–Kier alpha value is -5.80. The van der Waals surface area contributed by atoms with Crippen LogP contribution in [0.4, 0.5) is 4.79 Å². The molecule has 1 aliphatic carbocycles. The lowest BCUT2D eigenvalue weighted by Gasteiger charge is -2.30. The van der Waals surface area contributed by atoms with Crippen molar-refractivity contribution in [2.24, 2.45) is 0 Å². The van der Waals surface area contributed by atoms with Gasteiger partial charge in [-0.3, -0.25) is 35.6 Å². The number of ether oxygens (including phenoxy) is 3. The molecule has 15 heteroatoms. The molecule has 0 radical (unpaired) electrons. The van der Waals surface area contributed by atoms with Crippen LogP contribution in [-0.4, -0.2) is 73.7 Å². The lowest BCUT2D eigenvalue weighted by molar-refractivity contribution is -0.147. The van der Waals surface area contributed by atoms with Gasteiger partial charge in [0.2, 0.25) is 11.8 Å². The Labute approximate surface area is 301 Å². The average Bonchev–Trinajstić information content (AvgIpc) is 3.07. The van der Waals surface area contributed by atoms with Gasteiger partial charge < -0.3 is 24.8 Å². The second-order valence-corrected chi connectivity index (χ2v) is 13.4. The normalized spacial score (nSPS) is 15.5. The second-order valence-electron chi connectivity index (χ2n) is 13.4. The van der Waals surface area contributed by atoms with E-state index in [2.05, 4.69) is 10.6 Å². The molecule has 0 atom stereocenters. The molecule has 1 aliphatic rings. The van der Waals surface area contributed by atoms with E-state index < -0.39 is 35.2 Å². The Morgan fingerprint density at radius 1 is 0.692 bits per heavy atom. The summed E-state index contributed by atoms with van der Waals surface area (Å²) in [4.78, 5) is 48.8. The fourth-order valence-electron chi connectivity index (χ4n) is 5.42. The Morgan fingerprint density at radius 2 is 1.19 bits per heavy atom. The summed E-state index contributed by atoms with van der Waals surface area (Å²) >= 11 is 0. The monoisotopic (exact) mass is 716 g/mol. The van der Waals surface area contributed by atoms with Crippen molar-refractivity contribution < 1.29 is 43.8 Å². The van der Waals surface area contributed by atoms with E-state index in [1.165, 1.54) is 30.3 Å². The number of carbonyl (C=O) groups excluding carboxylic acids is 4. The van der Waals surface area contributed by atoms with Crippen molar-refractivity contribution >= 4 is 35.5 Å². The highest BCUT2D eigenvalue weighted by molar-refractivity contribution is 6.05. The Morgan fingerprint density at radius 3 is 1.71 bits per heavy atom. The summed E-state index contributed by atoms with van der Waals surface area (Å²) in [6.07, 6.45) is 2.11. The summed E-state index contributed by atoms with van der Waals surface area (Å²) in [7, 11) is 0. The number of hydrogen-bond donors (Lipinski definition) is 6. The minimum atomic E-state index is -0.715. The molecule has 6 N–H and O–H groups in total. The number of rotatable bonds is 9. The average molecular weight is 717 g/mol. The number of hydrogen-bond acceptors (Lipinski definition) is 11. The number of aryl methyl sites for hydroxylation is 1. The van der Waals surface area contributed by atoms with E-state index in [-0.39, 0.29) is 50.7 Å². The van der Waals surface area contributed by atoms with E-state index in [1.54, 1.807) is 58.0 Å². The van der Waals surface area contributed by atoms with Crippen LogP contribution in [0.1, 0.15) is 87.4 Å². The quantitative estimate of drug-likeness (QED) is 0.0636. The maximum Gasteiger partial charge on any atom is 0.407 e. The van der Waals surface area contributed by atoms with E-state index >= 15 is 0 Å².